The summed E-state index contributed by atoms with van der Waals surface area (Å²) >= 11 is 6.30. The van der Waals surface area contributed by atoms with E-state index < -0.39 is 0 Å². The minimum absolute atomic E-state index is 0.217. The fraction of sp³-hybridized carbons (Fsp3) is 0.571. The third kappa shape index (κ3) is 1.69. The van der Waals surface area contributed by atoms with Crippen LogP contribution in [0.4, 0.5) is 0 Å². The van der Waals surface area contributed by atoms with E-state index in [1.165, 1.54) is 6.42 Å². The summed E-state index contributed by atoms with van der Waals surface area (Å²) in [5.41, 5.74) is 8.54. The van der Waals surface area contributed by atoms with Crippen LogP contribution in [-0.4, -0.2) is 13.2 Å². The molecule has 1 aromatic carbocycles. The lowest BCUT2D eigenvalue weighted by molar-refractivity contribution is 0.168. The molecule has 0 atom stereocenters. The monoisotopic (exact) mass is 267 g/mol. The van der Waals surface area contributed by atoms with E-state index >= 15 is 0 Å². The Labute approximate surface area is 112 Å². The summed E-state index contributed by atoms with van der Waals surface area (Å²) in [7, 11) is 0. The zero-order valence-electron chi connectivity index (χ0n) is 10.6. The second kappa shape index (κ2) is 4.32. The number of hydrogen-bond acceptors (Lipinski definition) is 3. The molecule has 2 aliphatic rings. The van der Waals surface area contributed by atoms with Crippen molar-refractivity contribution in [3.8, 4) is 11.5 Å². The van der Waals surface area contributed by atoms with Crippen molar-refractivity contribution >= 4 is 11.6 Å². The molecule has 0 saturated heterocycles. The van der Waals surface area contributed by atoms with Gasteiger partial charge in [0.15, 0.2) is 11.5 Å². The van der Waals surface area contributed by atoms with Gasteiger partial charge in [-0.05, 0) is 37.3 Å². The van der Waals surface area contributed by atoms with Crippen LogP contribution in [0.3, 0.4) is 0 Å². The molecule has 0 aromatic heterocycles. The smallest absolute Gasteiger partial charge is 0.180 e. The van der Waals surface area contributed by atoms with Crippen LogP contribution in [0.5, 0.6) is 11.5 Å². The molecule has 1 aliphatic heterocycles. The van der Waals surface area contributed by atoms with E-state index in [-0.39, 0.29) is 5.54 Å². The maximum Gasteiger partial charge on any atom is 0.180 e. The zero-order valence-corrected chi connectivity index (χ0v) is 11.3. The first-order valence-corrected chi connectivity index (χ1v) is 6.94. The zero-order chi connectivity index (χ0) is 12.8. The van der Waals surface area contributed by atoms with Gasteiger partial charge in [0.05, 0.1) is 5.02 Å². The van der Waals surface area contributed by atoms with Gasteiger partial charge >= 0.3 is 0 Å². The van der Waals surface area contributed by atoms with Gasteiger partial charge in [-0.2, -0.15) is 0 Å². The number of hydrogen-bond donors (Lipinski definition) is 1. The Morgan fingerprint density at radius 1 is 1.28 bits per heavy atom. The van der Waals surface area contributed by atoms with Gasteiger partial charge in [0.25, 0.3) is 0 Å². The van der Waals surface area contributed by atoms with Gasteiger partial charge in [-0.3, -0.25) is 0 Å². The topological polar surface area (TPSA) is 44.5 Å². The third-order valence-electron chi connectivity index (χ3n) is 4.01. The van der Waals surface area contributed by atoms with Crippen molar-refractivity contribution in [2.45, 2.75) is 38.1 Å². The van der Waals surface area contributed by atoms with Gasteiger partial charge in [-0.1, -0.05) is 18.5 Å². The second-order valence-corrected chi connectivity index (χ2v) is 5.51. The highest BCUT2D eigenvalue weighted by molar-refractivity contribution is 6.32. The highest BCUT2D eigenvalue weighted by Gasteiger charge is 2.38. The Hall–Kier alpha value is -0.930. The van der Waals surface area contributed by atoms with Crippen molar-refractivity contribution in [2.75, 3.05) is 13.2 Å². The van der Waals surface area contributed by atoms with Crippen molar-refractivity contribution < 1.29 is 9.47 Å². The lowest BCUT2D eigenvalue weighted by Crippen LogP contribution is -2.44. The van der Waals surface area contributed by atoms with Crippen LogP contribution in [0.15, 0.2) is 6.07 Å². The molecule has 0 bridgehead atoms. The second-order valence-electron chi connectivity index (χ2n) is 5.10. The maximum atomic E-state index is 6.45. The van der Waals surface area contributed by atoms with Crippen molar-refractivity contribution in [2.24, 2.45) is 5.73 Å². The van der Waals surface area contributed by atoms with Gasteiger partial charge in [0, 0.05) is 11.1 Å². The normalized spacial score (nSPS) is 20.4. The molecule has 3 rings (SSSR count). The molecular formula is C14H18ClNO2. The van der Waals surface area contributed by atoms with Crippen LogP contribution in [0.2, 0.25) is 5.02 Å². The molecule has 4 heteroatoms. The number of nitrogens with two attached hydrogens (primary N) is 1. The number of ether oxygens (including phenoxy) is 2. The molecule has 1 aromatic rings. The summed E-state index contributed by atoms with van der Waals surface area (Å²) in [4.78, 5) is 0. The molecule has 98 valence electrons. The maximum absolute atomic E-state index is 6.45. The van der Waals surface area contributed by atoms with Gasteiger partial charge in [0.2, 0.25) is 0 Å². The molecule has 18 heavy (non-hydrogen) atoms. The largest absolute Gasteiger partial charge is 0.486 e. The van der Waals surface area contributed by atoms with Crippen molar-refractivity contribution in [1.82, 2.24) is 0 Å². The first-order chi connectivity index (χ1) is 8.65. The number of rotatable bonds is 2. The Kier molecular flexibility index (Phi) is 2.91. The minimum atomic E-state index is -0.217. The molecule has 0 radical (unpaired) electrons. The van der Waals surface area contributed by atoms with Gasteiger partial charge in [0.1, 0.15) is 13.2 Å². The van der Waals surface area contributed by atoms with Crippen LogP contribution in [-0.2, 0) is 12.0 Å². The average molecular weight is 268 g/mol. The van der Waals surface area contributed by atoms with Crippen LogP contribution < -0.4 is 15.2 Å². The molecule has 2 N–H and O–H groups in total. The molecule has 1 saturated carbocycles. The fourth-order valence-electron chi connectivity index (χ4n) is 2.84. The Bertz CT molecular complexity index is 483. The van der Waals surface area contributed by atoms with Gasteiger partial charge < -0.3 is 15.2 Å². The fourth-order valence-corrected chi connectivity index (χ4v) is 3.09. The molecule has 0 amide bonds. The summed E-state index contributed by atoms with van der Waals surface area (Å²) < 4.78 is 11.4. The standard InChI is InChI=1S/C14H18ClNO2/c1-2-9-10(14(16)4-3-5-14)8-11(15)13-12(9)17-6-7-18-13/h8H,2-7,16H2,1H3. The summed E-state index contributed by atoms with van der Waals surface area (Å²) in [6.07, 6.45) is 4.12. The van der Waals surface area contributed by atoms with Crippen LogP contribution in [0.1, 0.15) is 37.3 Å². The quantitative estimate of drug-likeness (QED) is 0.896. The average Bonchev–Trinajstić information content (AvgIpc) is 2.36. The molecule has 0 spiro atoms. The highest BCUT2D eigenvalue weighted by Crippen LogP contribution is 2.48. The predicted molar refractivity (Wildman–Crippen MR) is 71.5 cm³/mol. The van der Waals surface area contributed by atoms with Crippen LogP contribution >= 0.6 is 11.6 Å². The van der Waals surface area contributed by atoms with E-state index in [1.807, 2.05) is 6.07 Å². The Morgan fingerprint density at radius 3 is 2.50 bits per heavy atom. The van der Waals surface area contributed by atoms with Gasteiger partial charge in [-0.15, -0.1) is 0 Å². The minimum Gasteiger partial charge on any atom is -0.486 e. The van der Waals surface area contributed by atoms with E-state index in [9.17, 15) is 0 Å². The lowest BCUT2D eigenvalue weighted by Gasteiger charge is -2.41. The van der Waals surface area contributed by atoms with E-state index in [0.29, 0.717) is 24.0 Å². The van der Waals surface area contributed by atoms with Crippen molar-refractivity contribution in [3.63, 3.8) is 0 Å². The third-order valence-corrected chi connectivity index (χ3v) is 4.29. The number of benzene rings is 1. The van der Waals surface area contributed by atoms with E-state index in [2.05, 4.69) is 6.92 Å². The van der Waals surface area contributed by atoms with Crippen molar-refractivity contribution in [3.05, 3.63) is 22.2 Å². The van der Waals surface area contributed by atoms with Crippen molar-refractivity contribution in [1.29, 1.82) is 0 Å². The SMILES string of the molecule is CCc1c(C2(N)CCC2)cc(Cl)c2c1OCCO2. The van der Waals surface area contributed by atoms with E-state index in [4.69, 9.17) is 26.8 Å². The highest BCUT2D eigenvalue weighted by atomic mass is 35.5. The summed E-state index contributed by atoms with van der Waals surface area (Å²) in [5.74, 6) is 1.49. The van der Waals surface area contributed by atoms with Gasteiger partial charge in [-0.25, -0.2) is 0 Å². The molecular weight excluding hydrogens is 250 g/mol. The number of halogens is 1. The summed E-state index contributed by atoms with van der Waals surface area (Å²) in [5, 5.41) is 0.619. The van der Waals surface area contributed by atoms with Crippen LogP contribution in [0, 0.1) is 0 Å². The molecule has 1 heterocycles. The predicted octanol–water partition coefficient (Wildman–Crippen LogP) is 3.01. The van der Waals surface area contributed by atoms with E-state index in [1.54, 1.807) is 0 Å². The summed E-state index contributed by atoms with van der Waals surface area (Å²) in [6, 6.07) is 1.98. The van der Waals surface area contributed by atoms with E-state index in [0.717, 1.165) is 36.1 Å². The molecule has 3 nitrogen and oxygen atoms in total. The first kappa shape index (κ1) is 12.1. The molecule has 1 aliphatic carbocycles. The Morgan fingerprint density at radius 2 is 1.94 bits per heavy atom. The Balaban J connectivity index is 2.17. The summed E-state index contributed by atoms with van der Waals surface area (Å²) in [6.45, 7) is 3.26. The lowest BCUT2D eigenvalue weighted by atomic mass is 9.71. The number of fused-ring (bicyclic) bond motifs is 1. The molecule has 0 unspecified atom stereocenters. The first-order valence-electron chi connectivity index (χ1n) is 6.56. The van der Waals surface area contributed by atoms with Crippen LogP contribution in [0.25, 0.3) is 0 Å². The molecule has 1 fully saturated rings.